The quantitative estimate of drug-likeness (QED) is 0.780. The minimum absolute atomic E-state index is 0. The summed E-state index contributed by atoms with van der Waals surface area (Å²) >= 11 is 0. The molecule has 0 radical (unpaired) electrons. The van der Waals surface area contributed by atoms with Gasteiger partial charge in [0, 0.05) is 19.1 Å². The molecular weight excluding hydrogens is 257 g/mol. The number of nitrogens with one attached hydrogen (secondary N) is 3. The van der Waals surface area contributed by atoms with E-state index < -0.39 is 0 Å². The van der Waals surface area contributed by atoms with Gasteiger partial charge in [-0.15, -0.1) is 12.4 Å². The lowest BCUT2D eigenvalue weighted by Gasteiger charge is -2.12. The van der Waals surface area contributed by atoms with Gasteiger partial charge in [-0.05, 0) is 30.7 Å². The second kappa shape index (κ2) is 7.18. The lowest BCUT2D eigenvalue weighted by molar-refractivity contribution is 0.237. The van der Waals surface area contributed by atoms with E-state index >= 15 is 0 Å². The summed E-state index contributed by atoms with van der Waals surface area (Å²) in [6.07, 6.45) is 0.952. The van der Waals surface area contributed by atoms with Gasteiger partial charge in [0.25, 0.3) is 0 Å². The van der Waals surface area contributed by atoms with Crippen molar-refractivity contribution in [2.24, 2.45) is 0 Å². The molecule has 1 aromatic carbocycles. The predicted molar refractivity (Wildman–Crippen MR) is 70.3 cm³/mol. The van der Waals surface area contributed by atoms with Crippen molar-refractivity contribution in [1.29, 1.82) is 0 Å². The van der Waals surface area contributed by atoms with E-state index in [1.807, 2.05) is 0 Å². The number of carbonyl (C=O) groups excluding carboxylic acids is 1. The summed E-state index contributed by atoms with van der Waals surface area (Å²) in [6.45, 7) is 2.09. The van der Waals surface area contributed by atoms with Crippen molar-refractivity contribution in [1.82, 2.24) is 16.0 Å². The fraction of sp³-hybridized carbons (Fsp3) is 0.417. The third-order valence-electron chi connectivity index (χ3n) is 2.74. The first kappa shape index (κ1) is 14.7. The Morgan fingerprint density at radius 1 is 1.50 bits per heavy atom. The lowest BCUT2D eigenvalue weighted by atomic mass is 10.2. The molecule has 0 bridgehead atoms. The molecule has 3 N–H and O–H groups in total. The Bertz CT molecular complexity index is 397. The molecule has 2 rings (SSSR count). The van der Waals surface area contributed by atoms with Gasteiger partial charge in [0.05, 0.1) is 0 Å². The number of halogens is 2. The van der Waals surface area contributed by atoms with E-state index in [-0.39, 0.29) is 30.3 Å². The van der Waals surface area contributed by atoms with E-state index in [1.165, 1.54) is 12.1 Å². The average Bonchev–Trinajstić information content (AvgIpc) is 2.79. The van der Waals surface area contributed by atoms with E-state index in [9.17, 15) is 9.18 Å². The summed E-state index contributed by atoms with van der Waals surface area (Å²) in [5.41, 5.74) is 0.754. The molecule has 18 heavy (non-hydrogen) atoms. The van der Waals surface area contributed by atoms with Gasteiger partial charge in [-0.1, -0.05) is 12.1 Å². The second-order valence-electron chi connectivity index (χ2n) is 4.15. The summed E-state index contributed by atoms with van der Waals surface area (Å²) in [4.78, 5) is 11.5. The average molecular weight is 274 g/mol. The first-order valence-electron chi connectivity index (χ1n) is 5.73. The SMILES string of the molecule is Cl.O=C(NCc1cccc(F)c1)N[C@@H]1CCNC1. The minimum atomic E-state index is -0.287. The Kier molecular flexibility index (Phi) is 5.88. The van der Waals surface area contributed by atoms with Crippen LogP contribution in [0.3, 0.4) is 0 Å². The van der Waals surface area contributed by atoms with Crippen molar-refractivity contribution in [3.05, 3.63) is 35.6 Å². The summed E-state index contributed by atoms with van der Waals surface area (Å²) in [7, 11) is 0. The van der Waals surface area contributed by atoms with Crippen molar-refractivity contribution in [2.45, 2.75) is 19.0 Å². The summed E-state index contributed by atoms with van der Waals surface area (Å²) in [5, 5.41) is 8.73. The number of hydrogen-bond acceptors (Lipinski definition) is 2. The number of carbonyl (C=O) groups is 1. The Hall–Kier alpha value is -1.33. The minimum Gasteiger partial charge on any atom is -0.334 e. The van der Waals surface area contributed by atoms with Gasteiger partial charge in [0.2, 0.25) is 0 Å². The Labute approximate surface area is 112 Å². The Balaban J connectivity index is 0.00000162. The molecule has 1 aromatic rings. The first-order valence-corrected chi connectivity index (χ1v) is 5.73. The maximum Gasteiger partial charge on any atom is 0.315 e. The van der Waals surface area contributed by atoms with E-state index in [0.29, 0.717) is 6.54 Å². The van der Waals surface area contributed by atoms with Crippen LogP contribution in [0.1, 0.15) is 12.0 Å². The second-order valence-corrected chi connectivity index (χ2v) is 4.15. The molecule has 6 heteroatoms. The van der Waals surface area contributed by atoms with Crippen LogP contribution in [0.2, 0.25) is 0 Å². The van der Waals surface area contributed by atoms with Crippen LogP contribution in [-0.4, -0.2) is 25.2 Å². The topological polar surface area (TPSA) is 53.2 Å². The number of benzene rings is 1. The highest BCUT2D eigenvalue weighted by Crippen LogP contribution is 2.03. The van der Waals surface area contributed by atoms with Crippen LogP contribution in [0, 0.1) is 5.82 Å². The zero-order valence-electron chi connectivity index (χ0n) is 9.91. The van der Waals surface area contributed by atoms with E-state index in [4.69, 9.17) is 0 Å². The van der Waals surface area contributed by atoms with Crippen molar-refractivity contribution >= 4 is 18.4 Å². The molecule has 1 saturated heterocycles. The Morgan fingerprint density at radius 2 is 2.33 bits per heavy atom. The molecular formula is C12H17ClFN3O. The molecule has 1 heterocycles. The smallest absolute Gasteiger partial charge is 0.315 e. The highest BCUT2D eigenvalue weighted by atomic mass is 35.5. The summed E-state index contributed by atoms with van der Waals surface area (Å²) < 4.78 is 12.9. The van der Waals surface area contributed by atoms with E-state index in [0.717, 1.165) is 25.1 Å². The van der Waals surface area contributed by atoms with Gasteiger partial charge in [0.15, 0.2) is 0 Å². The molecule has 0 saturated carbocycles. The predicted octanol–water partition coefficient (Wildman–Crippen LogP) is 1.41. The highest BCUT2D eigenvalue weighted by molar-refractivity contribution is 5.85. The number of hydrogen-bond donors (Lipinski definition) is 3. The number of rotatable bonds is 3. The molecule has 1 atom stereocenters. The first-order chi connectivity index (χ1) is 8.24. The highest BCUT2D eigenvalue weighted by Gasteiger charge is 2.15. The third-order valence-corrected chi connectivity index (χ3v) is 2.74. The van der Waals surface area contributed by atoms with Gasteiger partial charge in [-0.3, -0.25) is 0 Å². The molecule has 2 amide bonds. The van der Waals surface area contributed by atoms with Crippen LogP contribution in [0.25, 0.3) is 0 Å². The standard InChI is InChI=1S/C12H16FN3O.ClH/c13-10-3-1-2-9(6-10)7-15-12(17)16-11-4-5-14-8-11;/h1-3,6,11,14H,4-5,7-8H2,(H2,15,16,17);1H/t11-;/m1./s1. The van der Waals surface area contributed by atoms with Crippen LogP contribution in [0.15, 0.2) is 24.3 Å². The van der Waals surface area contributed by atoms with Crippen LogP contribution in [0.5, 0.6) is 0 Å². The van der Waals surface area contributed by atoms with Gasteiger partial charge in [0.1, 0.15) is 5.82 Å². The molecule has 0 aromatic heterocycles. The molecule has 100 valence electrons. The van der Waals surface area contributed by atoms with Crippen LogP contribution < -0.4 is 16.0 Å². The third kappa shape index (κ3) is 4.50. The van der Waals surface area contributed by atoms with E-state index in [1.54, 1.807) is 12.1 Å². The molecule has 1 aliphatic rings. The zero-order chi connectivity index (χ0) is 12.1. The van der Waals surface area contributed by atoms with Crippen LogP contribution in [0.4, 0.5) is 9.18 Å². The van der Waals surface area contributed by atoms with Gasteiger partial charge in [-0.25, -0.2) is 9.18 Å². The summed E-state index contributed by atoms with van der Waals surface area (Å²) in [6, 6.07) is 6.20. The number of amides is 2. The fourth-order valence-corrected chi connectivity index (χ4v) is 1.84. The van der Waals surface area contributed by atoms with Gasteiger partial charge in [-0.2, -0.15) is 0 Å². The van der Waals surface area contributed by atoms with Crippen molar-refractivity contribution in [3.8, 4) is 0 Å². The lowest BCUT2D eigenvalue weighted by Crippen LogP contribution is -2.42. The van der Waals surface area contributed by atoms with Crippen LogP contribution in [-0.2, 0) is 6.54 Å². The monoisotopic (exact) mass is 273 g/mol. The maximum absolute atomic E-state index is 12.9. The number of urea groups is 1. The van der Waals surface area contributed by atoms with E-state index in [2.05, 4.69) is 16.0 Å². The van der Waals surface area contributed by atoms with Crippen molar-refractivity contribution in [3.63, 3.8) is 0 Å². The summed E-state index contributed by atoms with van der Waals surface area (Å²) in [5.74, 6) is -0.287. The zero-order valence-corrected chi connectivity index (χ0v) is 10.7. The molecule has 0 unspecified atom stereocenters. The molecule has 4 nitrogen and oxygen atoms in total. The van der Waals surface area contributed by atoms with Gasteiger partial charge >= 0.3 is 6.03 Å². The van der Waals surface area contributed by atoms with Crippen molar-refractivity contribution < 1.29 is 9.18 Å². The maximum atomic E-state index is 12.9. The van der Waals surface area contributed by atoms with Crippen molar-refractivity contribution in [2.75, 3.05) is 13.1 Å². The normalized spacial score (nSPS) is 17.9. The van der Waals surface area contributed by atoms with Crippen LogP contribution >= 0.6 is 12.4 Å². The Morgan fingerprint density at radius 3 is 3.00 bits per heavy atom. The molecule has 0 aliphatic carbocycles. The molecule has 1 fully saturated rings. The molecule has 0 spiro atoms. The molecule has 1 aliphatic heterocycles. The van der Waals surface area contributed by atoms with Gasteiger partial charge < -0.3 is 16.0 Å². The largest absolute Gasteiger partial charge is 0.334 e. The fourth-order valence-electron chi connectivity index (χ4n) is 1.84.